The van der Waals surface area contributed by atoms with Gasteiger partial charge >= 0.3 is 17.6 Å². The molecule has 13 heavy (non-hydrogen) atoms. The first-order chi connectivity index (χ1) is 6.08. The van der Waals surface area contributed by atoms with Crippen LogP contribution >= 0.6 is 0 Å². The molecular weight excluding hydrogens is 174 g/mol. The van der Waals surface area contributed by atoms with Crippen LogP contribution in [-0.4, -0.2) is 48.0 Å². The molecule has 0 fully saturated rings. The molecule has 0 aliphatic rings. The summed E-state index contributed by atoms with van der Waals surface area (Å²) in [7, 11) is 2.59. The molecular formula is C7H11N3O3. The van der Waals surface area contributed by atoms with Crippen molar-refractivity contribution in [1.82, 2.24) is 4.90 Å². The van der Waals surface area contributed by atoms with Gasteiger partial charge in [0.25, 0.3) is 0 Å². The second kappa shape index (κ2) is 5.05. The maximum absolute atomic E-state index is 11.2. The third-order valence-corrected chi connectivity index (χ3v) is 1.50. The molecule has 0 rings (SSSR count). The molecule has 0 atom stereocenters. The number of carbonyl (C=O) groups excluding carboxylic acids is 2. The van der Waals surface area contributed by atoms with E-state index in [0.29, 0.717) is 6.54 Å². The number of rotatable bonds is 3. The Labute approximate surface area is 75.7 Å². The zero-order chi connectivity index (χ0) is 10.4. The van der Waals surface area contributed by atoms with E-state index in [1.807, 2.05) is 0 Å². The van der Waals surface area contributed by atoms with Crippen molar-refractivity contribution in [2.75, 3.05) is 20.7 Å². The zero-order valence-corrected chi connectivity index (χ0v) is 7.77. The molecule has 0 aromatic rings. The first-order valence-electron chi connectivity index (χ1n) is 3.64. The minimum absolute atomic E-state index is 0.412. The first-order valence-corrected chi connectivity index (χ1v) is 3.64. The van der Waals surface area contributed by atoms with Crippen molar-refractivity contribution in [3.8, 4) is 0 Å². The fourth-order valence-corrected chi connectivity index (χ4v) is 0.592. The van der Waals surface area contributed by atoms with Crippen LogP contribution in [0.3, 0.4) is 0 Å². The van der Waals surface area contributed by atoms with Crippen LogP contribution in [0.5, 0.6) is 0 Å². The van der Waals surface area contributed by atoms with E-state index in [1.54, 1.807) is 6.92 Å². The van der Waals surface area contributed by atoms with E-state index in [0.717, 1.165) is 7.11 Å². The molecule has 0 spiro atoms. The van der Waals surface area contributed by atoms with E-state index in [4.69, 9.17) is 5.53 Å². The van der Waals surface area contributed by atoms with Crippen LogP contribution in [0.25, 0.3) is 5.53 Å². The Balaban J connectivity index is 4.72. The molecule has 0 N–H and O–H groups in total. The second-order valence-electron chi connectivity index (χ2n) is 2.26. The summed E-state index contributed by atoms with van der Waals surface area (Å²) in [6, 6.07) is 0. The summed E-state index contributed by atoms with van der Waals surface area (Å²) in [4.78, 5) is 25.9. The molecule has 6 nitrogen and oxygen atoms in total. The Morgan fingerprint density at radius 3 is 2.38 bits per heavy atom. The van der Waals surface area contributed by atoms with Crippen LogP contribution in [0, 0.1) is 0 Å². The van der Waals surface area contributed by atoms with E-state index in [9.17, 15) is 9.59 Å². The number of amides is 1. The molecule has 1 amide bonds. The lowest BCUT2D eigenvalue weighted by Gasteiger charge is -2.09. The van der Waals surface area contributed by atoms with Gasteiger partial charge in [-0.2, -0.15) is 4.79 Å². The number of hydrogen-bond acceptors (Lipinski definition) is 3. The molecule has 0 aromatic carbocycles. The standard InChI is InChI=1S/C7H11N3O3/c1-4-10(2)6(11)5(9-8)7(12)13-3/h4H2,1-3H3. The molecule has 0 heterocycles. The van der Waals surface area contributed by atoms with Crippen molar-refractivity contribution in [2.45, 2.75) is 6.92 Å². The lowest BCUT2D eigenvalue weighted by molar-refractivity contribution is -0.141. The van der Waals surface area contributed by atoms with Gasteiger partial charge in [0.2, 0.25) is 0 Å². The van der Waals surface area contributed by atoms with Gasteiger partial charge in [-0.15, -0.1) is 0 Å². The number of nitrogens with zero attached hydrogens (tertiary/aromatic N) is 3. The Morgan fingerprint density at radius 1 is 1.54 bits per heavy atom. The van der Waals surface area contributed by atoms with Crippen molar-refractivity contribution in [3.05, 3.63) is 5.53 Å². The second-order valence-corrected chi connectivity index (χ2v) is 2.26. The SMILES string of the molecule is CCN(C)C(=O)C(=[N+]=[N-])C(=O)OC. The van der Waals surface area contributed by atoms with Crippen molar-refractivity contribution in [1.29, 1.82) is 0 Å². The summed E-state index contributed by atoms with van der Waals surface area (Å²) in [5.74, 6) is -1.62. The number of carbonyl (C=O) groups is 2. The number of hydrogen-bond donors (Lipinski definition) is 0. The van der Waals surface area contributed by atoms with Crippen LogP contribution in [0.4, 0.5) is 0 Å². The predicted octanol–water partition coefficient (Wildman–Crippen LogP) is -0.691. The third kappa shape index (κ3) is 2.68. The van der Waals surface area contributed by atoms with E-state index in [2.05, 4.69) is 9.53 Å². The highest BCUT2D eigenvalue weighted by Crippen LogP contribution is 1.88. The minimum atomic E-state index is -0.951. The average Bonchev–Trinajstić information content (AvgIpc) is 2.17. The third-order valence-electron chi connectivity index (χ3n) is 1.50. The van der Waals surface area contributed by atoms with Crippen molar-refractivity contribution in [2.24, 2.45) is 0 Å². The van der Waals surface area contributed by atoms with Crippen molar-refractivity contribution < 1.29 is 19.1 Å². The summed E-state index contributed by atoms with van der Waals surface area (Å²) in [5, 5.41) is 0. The highest BCUT2D eigenvalue weighted by molar-refractivity contribution is 6.61. The van der Waals surface area contributed by atoms with Crippen LogP contribution in [0.1, 0.15) is 6.92 Å². The van der Waals surface area contributed by atoms with Gasteiger partial charge in [0.15, 0.2) is 0 Å². The molecule has 0 saturated heterocycles. The summed E-state index contributed by atoms with van der Waals surface area (Å²) in [5.41, 5.74) is 7.76. The van der Waals surface area contributed by atoms with E-state index >= 15 is 0 Å². The molecule has 0 aliphatic heterocycles. The fourth-order valence-electron chi connectivity index (χ4n) is 0.592. The average molecular weight is 185 g/mol. The van der Waals surface area contributed by atoms with Crippen molar-refractivity contribution >= 4 is 17.6 Å². The Bertz CT molecular complexity index is 268. The summed E-state index contributed by atoms with van der Waals surface area (Å²) < 4.78 is 4.24. The minimum Gasteiger partial charge on any atom is -0.460 e. The van der Waals surface area contributed by atoms with Gasteiger partial charge in [-0.1, -0.05) is 0 Å². The molecule has 0 aromatic heterocycles. The molecule has 0 aliphatic carbocycles. The lowest BCUT2D eigenvalue weighted by Crippen LogP contribution is -2.38. The number of esters is 1. The van der Waals surface area contributed by atoms with E-state index < -0.39 is 17.6 Å². The summed E-state index contributed by atoms with van der Waals surface area (Å²) in [6.07, 6.45) is 0. The molecule has 72 valence electrons. The van der Waals surface area contributed by atoms with Crippen molar-refractivity contribution in [3.63, 3.8) is 0 Å². The maximum Gasteiger partial charge on any atom is 0.463 e. The molecule has 0 unspecified atom stereocenters. The Kier molecular flexibility index (Phi) is 4.40. The Hall–Kier alpha value is -1.68. The van der Waals surface area contributed by atoms with Crippen LogP contribution in [-0.2, 0) is 14.3 Å². The van der Waals surface area contributed by atoms with Crippen LogP contribution in [0.15, 0.2) is 0 Å². The number of ether oxygens (including phenoxy) is 1. The van der Waals surface area contributed by atoms with Gasteiger partial charge in [0.1, 0.15) is 0 Å². The van der Waals surface area contributed by atoms with Gasteiger partial charge in [-0.3, -0.25) is 4.79 Å². The quantitative estimate of drug-likeness (QED) is 0.192. The summed E-state index contributed by atoms with van der Waals surface area (Å²) >= 11 is 0. The first kappa shape index (κ1) is 11.3. The zero-order valence-electron chi connectivity index (χ0n) is 7.77. The lowest BCUT2D eigenvalue weighted by atomic mass is 10.3. The molecule has 0 radical (unpaired) electrons. The molecule has 6 heteroatoms. The predicted molar refractivity (Wildman–Crippen MR) is 44.0 cm³/mol. The van der Waals surface area contributed by atoms with E-state index in [-0.39, 0.29) is 0 Å². The topological polar surface area (TPSA) is 83.0 Å². The number of methoxy groups -OCH3 is 1. The largest absolute Gasteiger partial charge is 0.463 e. The summed E-state index contributed by atoms with van der Waals surface area (Å²) in [6.45, 7) is 2.14. The van der Waals surface area contributed by atoms with Gasteiger partial charge in [-0.25, -0.2) is 4.79 Å². The van der Waals surface area contributed by atoms with Gasteiger partial charge in [-0.05, 0) is 6.92 Å². The smallest absolute Gasteiger partial charge is 0.460 e. The normalized spacial score (nSPS) is 8.54. The highest BCUT2D eigenvalue weighted by Gasteiger charge is 2.32. The van der Waals surface area contributed by atoms with Gasteiger partial charge in [0, 0.05) is 13.6 Å². The van der Waals surface area contributed by atoms with E-state index in [1.165, 1.54) is 11.9 Å². The van der Waals surface area contributed by atoms with Crippen LogP contribution < -0.4 is 0 Å². The molecule has 0 bridgehead atoms. The maximum atomic E-state index is 11.2. The van der Waals surface area contributed by atoms with Gasteiger partial charge < -0.3 is 15.2 Å². The Morgan fingerprint density at radius 2 is 2.08 bits per heavy atom. The van der Waals surface area contributed by atoms with Gasteiger partial charge in [0.05, 0.1) is 7.11 Å². The highest BCUT2D eigenvalue weighted by atomic mass is 16.5. The molecule has 0 saturated carbocycles. The monoisotopic (exact) mass is 185 g/mol. The van der Waals surface area contributed by atoms with Crippen LogP contribution in [0.2, 0.25) is 0 Å². The fraction of sp³-hybridized carbons (Fsp3) is 0.571.